The van der Waals surface area contributed by atoms with E-state index in [2.05, 4.69) is 339 Å². The molecule has 36 rings (SSSR count). The van der Waals surface area contributed by atoms with Gasteiger partial charge in [0.15, 0.2) is 0 Å². The number of anilines is 12. The third-order valence-corrected chi connectivity index (χ3v) is 34.3. The van der Waals surface area contributed by atoms with Gasteiger partial charge in [0.25, 0.3) is 0 Å². The van der Waals surface area contributed by atoms with Crippen LogP contribution in [-0.4, -0.2) is 19.9 Å². The van der Waals surface area contributed by atoms with Gasteiger partial charge in [-0.2, -0.15) is 0 Å². The molecule has 0 fully saturated rings. The highest BCUT2D eigenvalue weighted by Crippen LogP contribution is 2.63. The number of rotatable bonds is 0. The predicted molar refractivity (Wildman–Crippen MR) is 564 cm³/mol. The number of benzene rings is 16. The zero-order chi connectivity index (χ0) is 90.7. The Morgan fingerprint density at radius 1 is 0.150 bits per heavy atom. The minimum Gasteiger partial charge on any atom is -0.309 e. The fraction of sp³-hybridized carbons (Fsp3) is 0.121. The first kappa shape index (κ1) is 76.5. The number of fused-ring (bicyclic) bond motifs is 44. The molecule has 12 heterocycles. The molecule has 8 aliphatic heterocycles. The van der Waals surface area contributed by atoms with Gasteiger partial charge in [-0.05, 0) is 416 Å². The largest absolute Gasteiger partial charge is 0.309 e. The molecule has 20 aromatic rings. The highest BCUT2D eigenvalue weighted by atomic mass is 15.2. The molecule has 16 aromatic carbocycles. The second kappa shape index (κ2) is 28.5. The van der Waals surface area contributed by atoms with Crippen LogP contribution in [0.1, 0.15) is 178 Å². The van der Waals surface area contributed by atoms with E-state index in [1.165, 1.54) is 330 Å². The van der Waals surface area contributed by atoms with Crippen molar-refractivity contribution in [2.75, 3.05) is 19.6 Å². The Balaban J connectivity index is 0.0000000829. The van der Waals surface area contributed by atoms with Crippen LogP contribution in [0.2, 0.25) is 0 Å². The lowest BCUT2D eigenvalue weighted by Gasteiger charge is -2.40. The maximum Gasteiger partial charge on any atom is 0.141 e. The summed E-state index contributed by atoms with van der Waals surface area (Å²) in [4.78, 5) is 28.6. The van der Waals surface area contributed by atoms with Crippen LogP contribution >= 0.6 is 0 Å². The topological polar surface area (TPSA) is 64.5 Å². The van der Waals surface area contributed by atoms with Gasteiger partial charge in [0.05, 0.1) is 57.4 Å². The number of para-hydroxylation sites is 4. The van der Waals surface area contributed by atoms with E-state index < -0.39 is 0 Å². The van der Waals surface area contributed by atoms with Gasteiger partial charge in [0, 0.05) is 99.4 Å². The van der Waals surface area contributed by atoms with Crippen molar-refractivity contribution in [1.82, 2.24) is 19.9 Å². The summed E-state index contributed by atoms with van der Waals surface area (Å²) in [5.74, 6) is 1.10. The predicted octanol–water partition coefficient (Wildman–Crippen LogP) is 30.0. The molecule has 8 nitrogen and oxygen atoms in total. The van der Waals surface area contributed by atoms with Gasteiger partial charge in [-0.3, -0.25) is 19.9 Å². The molecule has 0 unspecified atom stereocenters. The number of nitrogens with zero attached hydrogens (tertiary/aromatic N) is 8. The van der Waals surface area contributed by atoms with Crippen LogP contribution in [0.4, 0.5) is 68.4 Å². The molecule has 16 aliphatic rings. The summed E-state index contributed by atoms with van der Waals surface area (Å²) in [5.41, 5.74) is 84.0. The summed E-state index contributed by atoms with van der Waals surface area (Å²) in [6.45, 7) is 0. The number of pyridine rings is 4. The maximum atomic E-state index is 4.87. The number of hydrogen-bond acceptors (Lipinski definition) is 8. The molecule has 4 aromatic heterocycles. The fourth-order valence-corrected chi connectivity index (χ4v) is 28.4. The smallest absolute Gasteiger partial charge is 0.141 e. The van der Waals surface area contributed by atoms with Crippen molar-refractivity contribution in [3.8, 4) is 89.0 Å². The first-order valence-corrected chi connectivity index (χ1v) is 50.3. The zero-order valence-electron chi connectivity index (χ0n) is 77.2. The van der Waals surface area contributed by atoms with E-state index in [4.69, 9.17) is 9.97 Å². The SMILES string of the molecule is c1ccc2c(c1)Cc1cc3c(cc1-2)-c1cc2c4c(c1C3)Cc1ccccc1N4c1cccnc1C2.c1ccc2c(c1)Cc1cc3c(cc1-2)-c1cc2c4c(c1C3)Cc1ccccc1N4c1ccncc1C2.c1ccc2c(c1)Cc1cc3c(cc1-2)-c1cc2c4c(c1C3)Cc1ccccc1N4c1cnccc1C2.c1ccc2c(c1)Cc1cc3c(cc1-2)-c1cc2c4c(c1C3)Cc1ccccc1N4c1ncccc1C2. The first-order chi connectivity index (χ1) is 69.3. The highest BCUT2D eigenvalue weighted by Gasteiger charge is 2.44. The van der Waals surface area contributed by atoms with Crippen LogP contribution in [-0.2, 0) is 103 Å². The minimum absolute atomic E-state index is 0.896. The number of aromatic nitrogens is 4. The molecule has 0 N–H and O–H groups in total. The van der Waals surface area contributed by atoms with Crippen LogP contribution in [0, 0.1) is 0 Å². The van der Waals surface area contributed by atoms with Crippen molar-refractivity contribution < 1.29 is 0 Å². The van der Waals surface area contributed by atoms with E-state index in [1.54, 1.807) is 0 Å². The molecule has 0 radical (unpaired) electrons. The van der Waals surface area contributed by atoms with E-state index >= 15 is 0 Å². The van der Waals surface area contributed by atoms with Crippen LogP contribution in [0.5, 0.6) is 0 Å². The van der Waals surface area contributed by atoms with Gasteiger partial charge >= 0.3 is 0 Å². The summed E-state index contributed by atoms with van der Waals surface area (Å²) in [6, 6.07) is 114. The average molecular weight is 1790 g/mol. The normalized spacial score (nSPS) is 14.9. The quantitative estimate of drug-likeness (QED) is 0.149. The van der Waals surface area contributed by atoms with Crippen molar-refractivity contribution in [2.24, 2.45) is 0 Å². The molecule has 0 saturated heterocycles. The Labute approximate surface area is 812 Å². The van der Waals surface area contributed by atoms with Gasteiger partial charge in [-0.15, -0.1) is 0 Å². The Morgan fingerprint density at radius 2 is 0.429 bits per heavy atom. The lowest BCUT2D eigenvalue weighted by atomic mass is 9.82. The minimum atomic E-state index is 0.896. The number of hydrogen-bond donors (Lipinski definition) is 0. The molecule has 140 heavy (non-hydrogen) atoms. The summed E-state index contributed by atoms with van der Waals surface area (Å²) in [7, 11) is 0. The van der Waals surface area contributed by atoms with Gasteiger partial charge in [0.2, 0.25) is 0 Å². The summed E-state index contributed by atoms with van der Waals surface area (Å²) in [6.07, 6.45) is 28.0. The van der Waals surface area contributed by atoms with Crippen molar-refractivity contribution >= 4 is 68.4 Å². The van der Waals surface area contributed by atoms with Crippen LogP contribution in [0.15, 0.2) is 340 Å². The maximum absolute atomic E-state index is 4.87. The van der Waals surface area contributed by atoms with E-state index in [0.717, 1.165) is 109 Å². The Hall–Kier alpha value is -16.7. The Kier molecular flexibility index (Phi) is 15.6. The highest BCUT2D eigenvalue weighted by molar-refractivity contribution is 6.02. The standard InChI is InChI=1S/4C33H22N2/c1-3-9-25-19(6-1)12-22-14-23-16-29-28(27(23)18-26(22)25)17-24-13-21-8-5-11-34-33(21)35-31-10-4-2-7-20(31)15-30(29)32(24)35;1-3-8-24-19(6-1)12-21-13-22-15-28-27(26(22)18-25(21)24)16-23-17-30-32(10-5-11-34-30)35-31-9-4-2-7-20(31)14-29(28)33(23)35;1-3-7-25-19(5-1)11-21-12-22-15-29-28(27(22)17-26(21)25)16-23-13-24-18-34-10-9-32(24)35-31-8-4-2-6-20(31)14-30(29)33(23)35;1-3-7-25-19(5-1)11-22-13-23-15-29-28(27(23)17-26(22)25)16-24-12-21-9-10-34-18-32(21)35-31-8-4-2-6-20(31)14-30(29)33(24)35/h1-11,14,17-18H,12-13,15-16H2;1-11,13,16,18H,12,14-15,17H2;1-10,12,16-18H,11,13-15H2;1-10,13,16-18H,11-12,14-15H2. The van der Waals surface area contributed by atoms with Crippen LogP contribution in [0.25, 0.3) is 89.0 Å². The third-order valence-electron chi connectivity index (χ3n) is 34.3. The van der Waals surface area contributed by atoms with Gasteiger partial charge < -0.3 is 14.7 Å². The lowest BCUT2D eigenvalue weighted by Crippen LogP contribution is -2.26. The summed E-state index contributed by atoms with van der Waals surface area (Å²) in [5, 5.41) is 0. The van der Waals surface area contributed by atoms with Gasteiger partial charge in [-0.1, -0.05) is 200 Å². The molecule has 0 amide bonds. The molecular formula is C132H88N8. The van der Waals surface area contributed by atoms with Crippen molar-refractivity contribution in [1.29, 1.82) is 0 Å². The molecule has 0 bridgehead atoms. The molecule has 8 heteroatoms. The average Bonchev–Trinajstić information content (AvgIpc) is 1.26. The molecule has 656 valence electrons. The summed E-state index contributed by atoms with van der Waals surface area (Å²) >= 11 is 0. The van der Waals surface area contributed by atoms with E-state index in [9.17, 15) is 0 Å². The molecule has 0 spiro atoms. The van der Waals surface area contributed by atoms with Crippen molar-refractivity contribution in [3.63, 3.8) is 0 Å². The fourth-order valence-electron chi connectivity index (χ4n) is 28.4. The Morgan fingerprint density at radius 3 is 0.864 bits per heavy atom. The Bertz CT molecular complexity index is 8040. The second-order valence-electron chi connectivity index (χ2n) is 41.5. The third kappa shape index (κ3) is 10.8. The molecular weight excluding hydrogens is 1700 g/mol. The van der Waals surface area contributed by atoms with E-state index in [-0.39, 0.29) is 0 Å². The van der Waals surface area contributed by atoms with E-state index in [1.807, 2.05) is 31.0 Å². The first-order valence-electron chi connectivity index (χ1n) is 50.3. The summed E-state index contributed by atoms with van der Waals surface area (Å²) < 4.78 is 0. The zero-order valence-corrected chi connectivity index (χ0v) is 77.2. The van der Waals surface area contributed by atoms with Gasteiger partial charge in [-0.25, -0.2) is 4.98 Å². The van der Waals surface area contributed by atoms with Gasteiger partial charge in [0.1, 0.15) is 5.82 Å². The van der Waals surface area contributed by atoms with Crippen LogP contribution < -0.4 is 19.6 Å². The van der Waals surface area contributed by atoms with Crippen LogP contribution in [0.3, 0.4) is 0 Å². The van der Waals surface area contributed by atoms with E-state index in [0.29, 0.717) is 0 Å². The monoisotopic (exact) mass is 1780 g/mol. The second-order valence-corrected chi connectivity index (χ2v) is 41.5. The molecule has 0 atom stereocenters. The molecule has 8 aliphatic carbocycles. The van der Waals surface area contributed by atoms with Crippen molar-refractivity contribution in [3.05, 3.63) is 519 Å². The lowest BCUT2D eigenvalue weighted by molar-refractivity contribution is 0.961. The molecule has 0 saturated carbocycles. The van der Waals surface area contributed by atoms with Crippen molar-refractivity contribution in [2.45, 2.75) is 103 Å².